The zero-order valence-corrected chi connectivity index (χ0v) is 16.4. The van der Waals surface area contributed by atoms with Crippen LogP contribution in [-0.4, -0.2) is 60.3 Å². The van der Waals surface area contributed by atoms with Crippen LogP contribution in [0.15, 0.2) is 0 Å². The highest BCUT2D eigenvalue weighted by atomic mass is 15.5. The average Bonchev–Trinajstić information content (AvgIpc) is 2.49. The summed E-state index contributed by atoms with van der Waals surface area (Å²) in [5.41, 5.74) is 0. The van der Waals surface area contributed by atoms with Gasteiger partial charge in [-0.05, 0) is 38.5 Å². The quantitative estimate of drug-likeness (QED) is 0.408. The molecule has 0 aliphatic rings. The van der Waals surface area contributed by atoms with Gasteiger partial charge in [-0.2, -0.15) is 0 Å². The third-order valence-electron chi connectivity index (χ3n) is 4.04. The van der Waals surface area contributed by atoms with E-state index >= 15 is 0 Å². The van der Waals surface area contributed by atoms with Crippen LogP contribution < -0.4 is 0 Å². The van der Waals surface area contributed by atoms with Crippen molar-refractivity contribution in [3.63, 3.8) is 0 Å². The van der Waals surface area contributed by atoms with Crippen LogP contribution in [0.2, 0.25) is 0 Å². The van der Waals surface area contributed by atoms with Crippen LogP contribution in [0.25, 0.3) is 0 Å². The van der Waals surface area contributed by atoms with Gasteiger partial charge < -0.3 is 0 Å². The van der Waals surface area contributed by atoms with Crippen molar-refractivity contribution in [2.45, 2.75) is 86.4 Å². The Morgan fingerprint density at radius 2 is 0.591 bits per heavy atom. The molecular formula is C19H43N3. The van der Waals surface area contributed by atoms with Gasteiger partial charge in [0, 0.05) is 39.3 Å². The normalized spacial score (nSPS) is 12.3. The largest absolute Gasteiger partial charge is 0.275 e. The summed E-state index contributed by atoms with van der Waals surface area (Å²) in [4.78, 5) is 8.20. The molecule has 134 valence electrons. The molecule has 0 aromatic carbocycles. The third-order valence-corrected chi connectivity index (χ3v) is 4.04. The van der Waals surface area contributed by atoms with Crippen molar-refractivity contribution >= 4 is 0 Å². The molecule has 0 rings (SSSR count). The third kappa shape index (κ3) is 7.94. The molecule has 0 aliphatic carbocycles. The van der Waals surface area contributed by atoms with Crippen LogP contribution in [0.1, 0.15) is 80.1 Å². The first-order valence-electron chi connectivity index (χ1n) is 9.91. The van der Waals surface area contributed by atoms with E-state index in [2.05, 4.69) is 56.2 Å². The monoisotopic (exact) mass is 313 g/mol. The number of hydrogen-bond donors (Lipinski definition) is 0. The maximum Gasteiger partial charge on any atom is 0.119 e. The van der Waals surface area contributed by atoms with Crippen LogP contribution in [0, 0.1) is 0 Å². The fraction of sp³-hybridized carbons (Fsp3) is 1.00. The van der Waals surface area contributed by atoms with E-state index in [1.165, 1.54) is 77.8 Å². The van der Waals surface area contributed by atoms with Gasteiger partial charge >= 0.3 is 0 Å². The van der Waals surface area contributed by atoms with E-state index in [-0.39, 0.29) is 0 Å². The molecule has 0 fully saturated rings. The molecule has 22 heavy (non-hydrogen) atoms. The van der Waals surface area contributed by atoms with Crippen molar-refractivity contribution in [3.05, 3.63) is 0 Å². The molecule has 0 saturated heterocycles. The molecule has 0 heterocycles. The van der Waals surface area contributed by atoms with Gasteiger partial charge in [0.2, 0.25) is 0 Å². The molecule has 0 amide bonds. The summed E-state index contributed by atoms with van der Waals surface area (Å²) in [6.45, 7) is 21.2. The Labute approximate surface area is 141 Å². The van der Waals surface area contributed by atoms with E-state index in [0.717, 1.165) is 0 Å². The van der Waals surface area contributed by atoms with Gasteiger partial charge in [-0.25, -0.2) is 0 Å². The van der Waals surface area contributed by atoms with Gasteiger partial charge in [0.1, 0.15) is 6.29 Å². The Kier molecular flexibility index (Phi) is 14.4. The van der Waals surface area contributed by atoms with Gasteiger partial charge in [-0.3, -0.25) is 14.7 Å². The predicted octanol–water partition coefficient (Wildman–Crippen LogP) is 4.64. The van der Waals surface area contributed by atoms with Crippen molar-refractivity contribution in [1.82, 2.24) is 14.7 Å². The van der Waals surface area contributed by atoms with Crippen LogP contribution >= 0.6 is 0 Å². The fourth-order valence-corrected chi connectivity index (χ4v) is 3.44. The highest BCUT2D eigenvalue weighted by molar-refractivity contribution is 4.75. The van der Waals surface area contributed by atoms with E-state index in [4.69, 9.17) is 0 Å². The van der Waals surface area contributed by atoms with E-state index in [1.807, 2.05) is 0 Å². The van der Waals surface area contributed by atoms with Crippen LogP contribution in [0.4, 0.5) is 0 Å². The van der Waals surface area contributed by atoms with E-state index in [1.54, 1.807) is 0 Å². The number of hydrogen-bond acceptors (Lipinski definition) is 3. The molecule has 3 nitrogen and oxygen atoms in total. The van der Waals surface area contributed by atoms with Gasteiger partial charge in [0.15, 0.2) is 0 Å². The second kappa shape index (κ2) is 14.5. The summed E-state index contributed by atoms with van der Waals surface area (Å²) >= 11 is 0. The van der Waals surface area contributed by atoms with E-state index in [0.29, 0.717) is 6.29 Å². The van der Waals surface area contributed by atoms with Crippen molar-refractivity contribution < 1.29 is 0 Å². The highest BCUT2D eigenvalue weighted by Crippen LogP contribution is 2.16. The topological polar surface area (TPSA) is 9.72 Å². The minimum atomic E-state index is 0.500. The summed E-state index contributed by atoms with van der Waals surface area (Å²) in [5, 5.41) is 0. The van der Waals surface area contributed by atoms with Gasteiger partial charge in [0.25, 0.3) is 0 Å². The lowest BCUT2D eigenvalue weighted by molar-refractivity contribution is -0.0729. The lowest BCUT2D eigenvalue weighted by atomic mass is 10.2. The second-order valence-corrected chi connectivity index (χ2v) is 6.45. The van der Waals surface area contributed by atoms with Gasteiger partial charge in [0.05, 0.1) is 0 Å². The zero-order valence-electron chi connectivity index (χ0n) is 16.4. The molecule has 0 bridgehead atoms. The number of nitrogens with zero attached hydrogens (tertiary/aromatic N) is 3. The van der Waals surface area contributed by atoms with Crippen molar-refractivity contribution in [2.24, 2.45) is 0 Å². The number of rotatable bonds is 15. The lowest BCUT2D eigenvalue weighted by Gasteiger charge is -2.46. The Balaban J connectivity index is 5.34. The Bertz CT molecular complexity index is 177. The Hall–Kier alpha value is -0.120. The maximum atomic E-state index is 2.73. The molecule has 0 N–H and O–H groups in total. The molecule has 0 aromatic rings. The van der Waals surface area contributed by atoms with Crippen LogP contribution in [-0.2, 0) is 0 Å². The molecule has 0 aliphatic heterocycles. The SMILES string of the molecule is CCCN(CCC)C(N(CCC)CCC)N(CCC)CCC. The summed E-state index contributed by atoms with van der Waals surface area (Å²) in [7, 11) is 0. The summed E-state index contributed by atoms with van der Waals surface area (Å²) in [6.07, 6.45) is 7.97. The highest BCUT2D eigenvalue weighted by Gasteiger charge is 2.28. The van der Waals surface area contributed by atoms with Gasteiger partial charge in [-0.15, -0.1) is 0 Å². The van der Waals surface area contributed by atoms with Crippen LogP contribution in [0.3, 0.4) is 0 Å². The summed E-state index contributed by atoms with van der Waals surface area (Å²) in [6, 6.07) is 0. The molecule has 0 unspecified atom stereocenters. The first kappa shape index (κ1) is 21.9. The molecule has 0 aromatic heterocycles. The molecular weight excluding hydrogens is 270 g/mol. The Morgan fingerprint density at radius 1 is 0.409 bits per heavy atom. The average molecular weight is 314 g/mol. The van der Waals surface area contributed by atoms with Crippen molar-refractivity contribution in [3.8, 4) is 0 Å². The minimum absolute atomic E-state index is 0.500. The molecule has 0 spiro atoms. The lowest BCUT2D eigenvalue weighted by Crippen LogP contribution is -2.59. The van der Waals surface area contributed by atoms with E-state index < -0.39 is 0 Å². The summed E-state index contributed by atoms with van der Waals surface area (Å²) < 4.78 is 0. The molecule has 0 atom stereocenters. The minimum Gasteiger partial charge on any atom is -0.275 e. The Morgan fingerprint density at radius 3 is 0.727 bits per heavy atom. The fourth-order valence-electron chi connectivity index (χ4n) is 3.44. The molecule has 3 heteroatoms. The van der Waals surface area contributed by atoms with Crippen molar-refractivity contribution in [2.75, 3.05) is 39.3 Å². The van der Waals surface area contributed by atoms with Crippen LogP contribution in [0.5, 0.6) is 0 Å². The van der Waals surface area contributed by atoms with Gasteiger partial charge in [-0.1, -0.05) is 41.5 Å². The predicted molar refractivity (Wildman–Crippen MR) is 100 cm³/mol. The molecule has 0 saturated carbocycles. The first-order valence-corrected chi connectivity index (χ1v) is 9.91. The smallest absolute Gasteiger partial charge is 0.119 e. The zero-order chi connectivity index (χ0) is 16.8. The standard InChI is InChI=1S/C19H43N3/c1-7-13-20(14-8-2)19(21(15-9-3)16-10-4)22(17-11-5)18-12-6/h19H,7-18H2,1-6H3. The van der Waals surface area contributed by atoms with E-state index in [9.17, 15) is 0 Å². The molecule has 0 radical (unpaired) electrons. The van der Waals surface area contributed by atoms with Crippen molar-refractivity contribution in [1.29, 1.82) is 0 Å². The first-order chi connectivity index (χ1) is 10.7. The second-order valence-electron chi connectivity index (χ2n) is 6.45. The summed E-state index contributed by atoms with van der Waals surface area (Å²) in [5.74, 6) is 0. The maximum absolute atomic E-state index is 2.73.